The molecule has 1 aromatic heterocycles. The van der Waals surface area contributed by atoms with Crippen molar-refractivity contribution in [2.45, 2.75) is 46.0 Å². The second-order valence-electron chi connectivity index (χ2n) is 8.72. The van der Waals surface area contributed by atoms with Crippen LogP contribution in [0.1, 0.15) is 56.2 Å². The second-order valence-corrected chi connectivity index (χ2v) is 9.13. The van der Waals surface area contributed by atoms with Crippen molar-refractivity contribution in [2.24, 2.45) is 0 Å². The van der Waals surface area contributed by atoms with Crippen LogP contribution in [0.3, 0.4) is 0 Å². The molecule has 0 saturated heterocycles. The monoisotopic (exact) mass is 472 g/mol. The van der Waals surface area contributed by atoms with Crippen molar-refractivity contribution in [3.63, 3.8) is 0 Å². The van der Waals surface area contributed by atoms with Gasteiger partial charge in [-0.3, -0.25) is 4.79 Å². The fourth-order valence-corrected chi connectivity index (χ4v) is 3.87. The maximum absolute atomic E-state index is 12.5. The molecule has 1 heterocycles. The van der Waals surface area contributed by atoms with E-state index < -0.39 is 0 Å². The minimum atomic E-state index is -0.260. The van der Waals surface area contributed by atoms with Gasteiger partial charge < -0.3 is 5.32 Å². The standard InChI is InChI=1S/C28H29ClN4O/c1-4-5-6-20-9-14-23(15-10-20)33-31-26-17-24(29)25(18-27(26)32-33)30-28(34)16-11-21-7-12-22(13-8-21)19(2)3/h7-19H,4-6H2,1-3H3,(H,30,34). The largest absolute Gasteiger partial charge is 0.321 e. The molecule has 0 atom stereocenters. The number of hydrogen-bond donors (Lipinski definition) is 1. The summed E-state index contributed by atoms with van der Waals surface area (Å²) in [7, 11) is 0. The lowest BCUT2D eigenvalue weighted by atomic mass is 10.0. The van der Waals surface area contributed by atoms with Crippen LogP contribution in [0, 0.1) is 0 Å². The van der Waals surface area contributed by atoms with Crippen LogP contribution in [-0.2, 0) is 11.2 Å². The Hall–Kier alpha value is -3.44. The molecule has 0 fully saturated rings. The molecule has 4 aromatic rings. The Labute approximate surface area is 205 Å². The van der Waals surface area contributed by atoms with Crippen molar-refractivity contribution in [3.05, 3.63) is 88.5 Å². The van der Waals surface area contributed by atoms with E-state index in [1.54, 1.807) is 23.0 Å². The summed E-state index contributed by atoms with van der Waals surface area (Å²) in [5, 5.41) is 12.4. The van der Waals surface area contributed by atoms with Gasteiger partial charge >= 0.3 is 0 Å². The van der Waals surface area contributed by atoms with Gasteiger partial charge in [-0.2, -0.15) is 4.80 Å². The number of anilines is 1. The summed E-state index contributed by atoms with van der Waals surface area (Å²) >= 11 is 6.42. The van der Waals surface area contributed by atoms with Crippen molar-refractivity contribution in [1.29, 1.82) is 0 Å². The summed E-state index contributed by atoms with van der Waals surface area (Å²) in [6.07, 6.45) is 6.71. The van der Waals surface area contributed by atoms with Gasteiger partial charge in [-0.1, -0.05) is 75.2 Å². The molecule has 174 valence electrons. The second kappa shape index (κ2) is 10.7. The fourth-order valence-electron chi connectivity index (χ4n) is 3.66. The summed E-state index contributed by atoms with van der Waals surface area (Å²) in [5.74, 6) is 0.214. The first-order valence-corrected chi connectivity index (χ1v) is 12.1. The van der Waals surface area contributed by atoms with E-state index in [9.17, 15) is 4.79 Å². The van der Waals surface area contributed by atoms with Crippen LogP contribution in [0.25, 0.3) is 22.8 Å². The van der Waals surface area contributed by atoms with Crippen LogP contribution < -0.4 is 5.32 Å². The van der Waals surface area contributed by atoms with Crippen LogP contribution in [0.5, 0.6) is 0 Å². The van der Waals surface area contributed by atoms with Crippen LogP contribution in [-0.4, -0.2) is 20.9 Å². The van der Waals surface area contributed by atoms with Gasteiger partial charge in [0, 0.05) is 6.08 Å². The molecular formula is C28H29ClN4O. The van der Waals surface area contributed by atoms with Crippen LogP contribution >= 0.6 is 11.6 Å². The Bertz CT molecular complexity index is 1310. The molecule has 1 amide bonds. The number of nitrogens with one attached hydrogen (secondary N) is 1. The van der Waals surface area contributed by atoms with Crippen molar-refractivity contribution in [2.75, 3.05) is 5.32 Å². The van der Waals surface area contributed by atoms with E-state index in [2.05, 4.69) is 60.6 Å². The highest BCUT2D eigenvalue weighted by molar-refractivity contribution is 6.34. The normalized spacial score (nSPS) is 11.6. The predicted octanol–water partition coefficient (Wildman–Crippen LogP) is 7.19. The van der Waals surface area contributed by atoms with Gasteiger partial charge in [0.25, 0.3) is 0 Å². The van der Waals surface area contributed by atoms with Gasteiger partial charge in [-0.25, -0.2) is 0 Å². The molecule has 0 aliphatic heterocycles. The first kappa shape index (κ1) is 23.7. The molecule has 34 heavy (non-hydrogen) atoms. The average Bonchev–Trinajstić information content (AvgIpc) is 3.25. The average molecular weight is 473 g/mol. The minimum absolute atomic E-state index is 0.260. The molecule has 0 radical (unpaired) electrons. The number of aromatic nitrogens is 3. The molecule has 0 unspecified atom stereocenters. The maximum Gasteiger partial charge on any atom is 0.248 e. The first-order valence-electron chi connectivity index (χ1n) is 11.7. The van der Waals surface area contributed by atoms with Crippen molar-refractivity contribution in [3.8, 4) is 5.69 Å². The topological polar surface area (TPSA) is 59.8 Å². The lowest BCUT2D eigenvalue weighted by molar-refractivity contribution is -0.111. The third-order valence-corrected chi connectivity index (χ3v) is 6.06. The lowest BCUT2D eigenvalue weighted by Crippen LogP contribution is -2.08. The highest BCUT2D eigenvalue weighted by Gasteiger charge is 2.11. The number of halogens is 1. The molecular weight excluding hydrogens is 444 g/mol. The van der Waals surface area contributed by atoms with E-state index >= 15 is 0 Å². The third-order valence-electron chi connectivity index (χ3n) is 5.74. The number of hydrogen-bond acceptors (Lipinski definition) is 3. The number of nitrogens with zero attached hydrogens (tertiary/aromatic N) is 3. The van der Waals surface area contributed by atoms with Crippen molar-refractivity contribution >= 4 is 40.3 Å². The number of benzene rings is 3. The summed E-state index contributed by atoms with van der Waals surface area (Å²) in [6.45, 7) is 6.50. The van der Waals surface area contributed by atoms with E-state index in [0.717, 1.165) is 17.7 Å². The fraction of sp³-hybridized carbons (Fsp3) is 0.250. The van der Waals surface area contributed by atoms with E-state index in [1.807, 2.05) is 24.3 Å². The van der Waals surface area contributed by atoms with Crippen LogP contribution in [0.4, 0.5) is 5.69 Å². The molecule has 0 aliphatic carbocycles. The van der Waals surface area contributed by atoms with Crippen LogP contribution in [0.2, 0.25) is 5.02 Å². The smallest absolute Gasteiger partial charge is 0.248 e. The number of unbranched alkanes of at least 4 members (excludes halogenated alkanes) is 1. The van der Waals surface area contributed by atoms with Crippen molar-refractivity contribution < 1.29 is 4.79 Å². The quantitative estimate of drug-likeness (QED) is 0.276. The molecule has 5 nitrogen and oxygen atoms in total. The van der Waals surface area contributed by atoms with E-state index in [4.69, 9.17) is 11.6 Å². The highest BCUT2D eigenvalue weighted by atomic mass is 35.5. The molecule has 4 rings (SSSR count). The predicted molar refractivity (Wildman–Crippen MR) is 141 cm³/mol. The van der Waals surface area contributed by atoms with Gasteiger partial charge in [0.15, 0.2) is 0 Å². The SMILES string of the molecule is CCCCc1ccc(-n2nc3cc(Cl)c(NC(=O)C=Cc4ccc(C(C)C)cc4)cc3n2)cc1. The molecule has 3 aromatic carbocycles. The first-order chi connectivity index (χ1) is 16.4. The van der Waals surface area contributed by atoms with Gasteiger partial charge in [-0.15, -0.1) is 10.2 Å². The molecule has 6 heteroatoms. The Morgan fingerprint density at radius 1 is 1.03 bits per heavy atom. The minimum Gasteiger partial charge on any atom is -0.321 e. The van der Waals surface area contributed by atoms with Gasteiger partial charge in [0.2, 0.25) is 5.91 Å². The molecule has 0 aliphatic rings. The molecule has 1 N–H and O–H groups in total. The molecule has 0 bridgehead atoms. The Balaban J connectivity index is 1.47. The summed E-state index contributed by atoms with van der Waals surface area (Å²) in [6, 6.07) is 19.9. The maximum atomic E-state index is 12.5. The zero-order valence-electron chi connectivity index (χ0n) is 19.8. The number of fused-ring (bicyclic) bond motifs is 1. The summed E-state index contributed by atoms with van der Waals surface area (Å²) < 4.78 is 0. The summed E-state index contributed by atoms with van der Waals surface area (Å²) in [5.41, 5.74) is 6.23. The van der Waals surface area contributed by atoms with Crippen LogP contribution in [0.15, 0.2) is 66.7 Å². The van der Waals surface area contributed by atoms with E-state index in [-0.39, 0.29) is 5.91 Å². The number of carbonyl (C=O) groups is 1. The zero-order valence-corrected chi connectivity index (χ0v) is 20.5. The zero-order chi connectivity index (χ0) is 24.1. The number of amides is 1. The van der Waals surface area contributed by atoms with E-state index in [0.29, 0.717) is 27.7 Å². The number of carbonyl (C=O) groups excluding carboxylic acids is 1. The Morgan fingerprint density at radius 2 is 1.71 bits per heavy atom. The lowest BCUT2D eigenvalue weighted by Gasteiger charge is -2.05. The summed E-state index contributed by atoms with van der Waals surface area (Å²) in [4.78, 5) is 14.1. The molecule has 0 spiro atoms. The highest BCUT2D eigenvalue weighted by Crippen LogP contribution is 2.27. The third kappa shape index (κ3) is 5.72. The van der Waals surface area contributed by atoms with E-state index in [1.165, 1.54) is 30.0 Å². The Kier molecular flexibility index (Phi) is 7.43. The number of rotatable bonds is 8. The van der Waals surface area contributed by atoms with Gasteiger partial charge in [0.1, 0.15) is 11.0 Å². The molecule has 0 saturated carbocycles. The number of aryl methyl sites for hydroxylation is 1. The Morgan fingerprint density at radius 3 is 2.35 bits per heavy atom. The van der Waals surface area contributed by atoms with Crippen molar-refractivity contribution in [1.82, 2.24) is 15.0 Å². The van der Waals surface area contributed by atoms with Gasteiger partial charge in [-0.05, 0) is 65.8 Å². The van der Waals surface area contributed by atoms with Gasteiger partial charge in [0.05, 0.1) is 16.4 Å².